The Bertz CT molecular complexity index is 770. The normalized spacial score (nSPS) is 10.2. The Morgan fingerprint density at radius 2 is 2.04 bits per heavy atom. The minimum atomic E-state index is -1.08. The lowest BCUT2D eigenvalue weighted by molar-refractivity contribution is -0.140. The van der Waals surface area contributed by atoms with Gasteiger partial charge >= 0.3 is 11.9 Å². The number of nitrogen functional groups attached to an aromatic ring is 1. The van der Waals surface area contributed by atoms with Crippen LogP contribution in [0.2, 0.25) is 0 Å². The maximum Gasteiger partial charge on any atom is 0.348 e. The lowest BCUT2D eigenvalue weighted by Crippen LogP contribution is -2.10. The van der Waals surface area contributed by atoms with E-state index in [1.54, 1.807) is 24.3 Å². The van der Waals surface area contributed by atoms with Crippen molar-refractivity contribution in [3.8, 4) is 11.3 Å². The quantitative estimate of drug-likeness (QED) is 0.340. The predicted molar refractivity (Wildman–Crippen MR) is 90.6 cm³/mol. The highest BCUT2D eigenvalue weighted by molar-refractivity contribution is 7.17. The highest BCUT2D eigenvalue weighted by atomic mass is 32.1. The van der Waals surface area contributed by atoms with Gasteiger partial charge < -0.3 is 20.9 Å². The highest BCUT2D eigenvalue weighted by Gasteiger charge is 2.19. The van der Waals surface area contributed by atoms with Crippen molar-refractivity contribution in [3.05, 3.63) is 34.7 Å². The summed E-state index contributed by atoms with van der Waals surface area (Å²) in [5.74, 6) is -1.51. The van der Waals surface area contributed by atoms with E-state index in [0.717, 1.165) is 11.3 Å². The van der Waals surface area contributed by atoms with Crippen LogP contribution in [-0.2, 0) is 9.53 Å². The molecule has 0 aliphatic rings. The molecule has 24 heavy (non-hydrogen) atoms. The van der Waals surface area contributed by atoms with Crippen molar-refractivity contribution in [2.24, 2.45) is 5.73 Å². The van der Waals surface area contributed by atoms with E-state index in [0.29, 0.717) is 28.5 Å². The third-order valence-corrected chi connectivity index (χ3v) is 4.12. The first-order valence-corrected chi connectivity index (χ1v) is 7.73. The van der Waals surface area contributed by atoms with Gasteiger partial charge in [-0.05, 0) is 0 Å². The lowest BCUT2D eigenvalue weighted by Gasteiger charge is -2.02. The molecule has 2 aromatic rings. The van der Waals surface area contributed by atoms with Crippen LogP contribution in [0.5, 0.6) is 0 Å². The van der Waals surface area contributed by atoms with E-state index in [-0.39, 0.29) is 23.1 Å². The van der Waals surface area contributed by atoms with Crippen molar-refractivity contribution >= 4 is 34.2 Å². The fraction of sp³-hybridized carbons (Fsp3) is 0.200. The molecule has 5 N–H and O–H groups in total. The molecule has 0 bridgehead atoms. The topological polar surface area (TPSA) is 138 Å². The number of esters is 1. The van der Waals surface area contributed by atoms with Gasteiger partial charge in [0.2, 0.25) is 0 Å². The fourth-order valence-corrected chi connectivity index (χ4v) is 2.77. The molecule has 0 aliphatic carbocycles. The molecule has 0 aliphatic heterocycles. The summed E-state index contributed by atoms with van der Waals surface area (Å²) in [6.07, 6.45) is 0.154. The third-order valence-electron chi connectivity index (χ3n) is 3.12. The summed E-state index contributed by atoms with van der Waals surface area (Å²) in [4.78, 5) is 26.9. The molecule has 0 atom stereocenters. The van der Waals surface area contributed by atoms with E-state index in [1.807, 2.05) is 0 Å². The molecule has 1 aromatic heterocycles. The fourth-order valence-electron chi connectivity index (χ4n) is 1.92. The molecular formula is C15H16N4O4S. The van der Waals surface area contributed by atoms with Gasteiger partial charge in [-0.15, -0.1) is 0 Å². The number of benzene rings is 1. The first-order chi connectivity index (χ1) is 11.4. The van der Waals surface area contributed by atoms with E-state index in [2.05, 4.69) is 15.0 Å². The number of ether oxygens (including phenoxy) is 1. The summed E-state index contributed by atoms with van der Waals surface area (Å²) in [6.45, 7) is 0.294. The van der Waals surface area contributed by atoms with Gasteiger partial charge in [-0.3, -0.25) is 10.2 Å². The SMILES string of the molecule is COC(=O)CCNc1nc(-c2ccc(C(=N)N)cc2)c(C(=O)O)s1. The van der Waals surface area contributed by atoms with Gasteiger partial charge in [-0.2, -0.15) is 0 Å². The number of carbonyl (C=O) groups excluding carboxylic acids is 1. The van der Waals surface area contributed by atoms with Crippen molar-refractivity contribution in [1.82, 2.24) is 4.98 Å². The van der Waals surface area contributed by atoms with Gasteiger partial charge in [0.25, 0.3) is 0 Å². The van der Waals surface area contributed by atoms with E-state index < -0.39 is 5.97 Å². The monoisotopic (exact) mass is 348 g/mol. The molecule has 0 amide bonds. The number of aromatic nitrogens is 1. The molecule has 0 fully saturated rings. The number of hydrogen-bond donors (Lipinski definition) is 4. The van der Waals surface area contributed by atoms with Gasteiger partial charge in [0.15, 0.2) is 5.13 Å². The van der Waals surface area contributed by atoms with Crippen molar-refractivity contribution in [3.63, 3.8) is 0 Å². The average molecular weight is 348 g/mol. The zero-order valence-electron chi connectivity index (χ0n) is 12.8. The summed E-state index contributed by atoms with van der Waals surface area (Å²) in [5.41, 5.74) is 6.88. The standard InChI is InChI=1S/C15H16N4O4S/c1-23-10(20)6-7-18-15-19-11(12(24-15)14(21)22)8-2-4-9(5-3-8)13(16)17/h2-5H,6-7H2,1H3,(H3,16,17)(H,18,19)(H,21,22). The summed E-state index contributed by atoms with van der Waals surface area (Å²) >= 11 is 0.991. The number of anilines is 1. The Morgan fingerprint density at radius 1 is 1.38 bits per heavy atom. The number of rotatable bonds is 7. The van der Waals surface area contributed by atoms with Gasteiger partial charge in [0.1, 0.15) is 10.7 Å². The van der Waals surface area contributed by atoms with Gasteiger partial charge in [0, 0.05) is 17.7 Å². The van der Waals surface area contributed by atoms with Gasteiger partial charge in [-0.25, -0.2) is 9.78 Å². The molecule has 0 saturated heterocycles. The summed E-state index contributed by atoms with van der Waals surface area (Å²) in [7, 11) is 1.30. The Balaban J connectivity index is 2.23. The Kier molecular flexibility index (Phi) is 5.48. The molecule has 0 saturated carbocycles. The number of carbonyl (C=O) groups is 2. The number of nitrogens with zero attached hydrogens (tertiary/aromatic N) is 1. The molecule has 9 heteroatoms. The highest BCUT2D eigenvalue weighted by Crippen LogP contribution is 2.31. The second kappa shape index (κ2) is 7.55. The first kappa shape index (κ1) is 17.4. The smallest absolute Gasteiger partial charge is 0.348 e. The van der Waals surface area contributed by atoms with Crippen molar-refractivity contribution < 1.29 is 19.4 Å². The molecule has 2 rings (SSSR count). The zero-order valence-corrected chi connectivity index (χ0v) is 13.6. The summed E-state index contributed by atoms with van der Waals surface area (Å²) in [5, 5.41) is 20.0. The van der Waals surface area contributed by atoms with Crippen LogP contribution in [0.1, 0.15) is 21.7 Å². The van der Waals surface area contributed by atoms with Crippen LogP contribution in [-0.4, -0.2) is 41.5 Å². The van der Waals surface area contributed by atoms with E-state index >= 15 is 0 Å². The van der Waals surface area contributed by atoms with Crippen LogP contribution < -0.4 is 11.1 Å². The van der Waals surface area contributed by atoms with Gasteiger partial charge in [0.05, 0.1) is 19.2 Å². The van der Waals surface area contributed by atoms with Gasteiger partial charge in [-0.1, -0.05) is 35.6 Å². The van der Waals surface area contributed by atoms with Crippen LogP contribution in [0, 0.1) is 5.41 Å². The number of nitrogens with one attached hydrogen (secondary N) is 2. The van der Waals surface area contributed by atoms with E-state index in [1.165, 1.54) is 7.11 Å². The Morgan fingerprint density at radius 3 is 2.58 bits per heavy atom. The number of methoxy groups -OCH3 is 1. The summed E-state index contributed by atoms with van der Waals surface area (Å²) in [6, 6.07) is 6.59. The number of carboxylic acids is 1. The number of hydrogen-bond acceptors (Lipinski definition) is 7. The molecule has 8 nitrogen and oxygen atoms in total. The lowest BCUT2D eigenvalue weighted by atomic mass is 10.1. The number of carboxylic acid groups (broad SMARTS) is 1. The van der Waals surface area contributed by atoms with E-state index in [4.69, 9.17) is 11.1 Å². The van der Waals surface area contributed by atoms with Crippen LogP contribution in [0.3, 0.4) is 0 Å². The molecule has 1 aromatic carbocycles. The average Bonchev–Trinajstić information content (AvgIpc) is 2.99. The minimum absolute atomic E-state index is 0.0662. The molecular weight excluding hydrogens is 332 g/mol. The van der Waals surface area contributed by atoms with Crippen LogP contribution in [0.15, 0.2) is 24.3 Å². The van der Waals surface area contributed by atoms with Crippen molar-refractivity contribution in [2.45, 2.75) is 6.42 Å². The number of aromatic carboxylic acids is 1. The van der Waals surface area contributed by atoms with Crippen LogP contribution in [0.25, 0.3) is 11.3 Å². The second-order valence-electron chi connectivity index (χ2n) is 4.75. The Hall–Kier alpha value is -2.94. The first-order valence-electron chi connectivity index (χ1n) is 6.92. The maximum absolute atomic E-state index is 11.4. The van der Waals surface area contributed by atoms with Crippen LogP contribution in [0.4, 0.5) is 5.13 Å². The van der Waals surface area contributed by atoms with Crippen molar-refractivity contribution in [2.75, 3.05) is 19.0 Å². The Labute approximate surface area is 141 Å². The largest absolute Gasteiger partial charge is 0.477 e. The predicted octanol–water partition coefficient (Wildman–Crippen LogP) is 1.77. The van der Waals surface area contributed by atoms with E-state index in [9.17, 15) is 14.7 Å². The molecule has 0 unspecified atom stereocenters. The molecule has 1 heterocycles. The molecule has 126 valence electrons. The molecule has 0 spiro atoms. The van der Waals surface area contributed by atoms with Crippen LogP contribution >= 0.6 is 11.3 Å². The third kappa shape index (κ3) is 4.07. The maximum atomic E-state index is 11.4. The zero-order chi connectivity index (χ0) is 17.7. The second-order valence-corrected chi connectivity index (χ2v) is 5.74. The molecule has 0 radical (unpaired) electrons. The summed E-state index contributed by atoms with van der Waals surface area (Å²) < 4.78 is 4.54. The number of thiazole rings is 1. The number of amidine groups is 1. The number of nitrogens with two attached hydrogens (primary N) is 1. The minimum Gasteiger partial charge on any atom is -0.477 e. The van der Waals surface area contributed by atoms with Crippen molar-refractivity contribution in [1.29, 1.82) is 5.41 Å².